The highest BCUT2D eigenvalue weighted by Crippen LogP contribution is 2.05. The van der Waals surface area contributed by atoms with Gasteiger partial charge in [0.2, 0.25) is 17.7 Å². The fourth-order valence-corrected chi connectivity index (χ4v) is 2.21. The molecule has 29 heavy (non-hydrogen) atoms. The second-order valence-corrected chi connectivity index (χ2v) is 6.87. The number of carboxylic acids is 2. The second-order valence-electron chi connectivity index (χ2n) is 6.87. The number of amides is 3. The topological polar surface area (TPSA) is 208 Å². The molecule has 166 valence electrons. The molecule has 12 heteroatoms. The fraction of sp³-hybridized carbons (Fsp3) is 0.706. The SMILES string of the molecule is CCC(C)C(N)C(=O)NC(C)C(=O)NC(C(=O)NC(CC(=O)O)C(=O)O)C(C)O. The Labute approximate surface area is 168 Å². The maximum atomic E-state index is 12.3. The van der Waals surface area contributed by atoms with Crippen LogP contribution in [0.15, 0.2) is 0 Å². The number of hydrogen-bond acceptors (Lipinski definition) is 7. The van der Waals surface area contributed by atoms with Crippen LogP contribution in [0.25, 0.3) is 0 Å². The summed E-state index contributed by atoms with van der Waals surface area (Å²) in [5.74, 6) is -5.63. The molecule has 0 radical (unpaired) electrons. The zero-order chi connectivity index (χ0) is 22.9. The van der Waals surface area contributed by atoms with Crippen LogP contribution in [0.4, 0.5) is 0 Å². The molecule has 0 aliphatic rings. The number of rotatable bonds is 12. The van der Waals surface area contributed by atoms with E-state index in [1.165, 1.54) is 13.8 Å². The Hall–Kier alpha value is -2.73. The molecule has 0 saturated carbocycles. The number of carboxylic acid groups (broad SMARTS) is 2. The third-order valence-electron chi connectivity index (χ3n) is 4.37. The highest BCUT2D eigenvalue weighted by atomic mass is 16.4. The molecule has 0 aromatic heterocycles. The molecule has 0 heterocycles. The van der Waals surface area contributed by atoms with E-state index in [0.717, 1.165) is 0 Å². The van der Waals surface area contributed by atoms with Gasteiger partial charge < -0.3 is 37.0 Å². The van der Waals surface area contributed by atoms with Crippen molar-refractivity contribution in [1.29, 1.82) is 0 Å². The van der Waals surface area contributed by atoms with Crippen LogP contribution in [0.3, 0.4) is 0 Å². The van der Waals surface area contributed by atoms with Gasteiger partial charge in [0, 0.05) is 0 Å². The van der Waals surface area contributed by atoms with Gasteiger partial charge in [-0.05, 0) is 19.8 Å². The summed E-state index contributed by atoms with van der Waals surface area (Å²) >= 11 is 0. The molecule has 0 rings (SSSR count). The molecule has 6 atom stereocenters. The van der Waals surface area contributed by atoms with E-state index in [9.17, 15) is 29.1 Å². The van der Waals surface area contributed by atoms with Gasteiger partial charge in [-0.25, -0.2) is 4.79 Å². The lowest BCUT2D eigenvalue weighted by Gasteiger charge is -2.25. The second kappa shape index (κ2) is 12.0. The van der Waals surface area contributed by atoms with Gasteiger partial charge in [-0.15, -0.1) is 0 Å². The Bertz CT molecular complexity index is 625. The third kappa shape index (κ3) is 8.87. The number of carbonyl (C=O) groups excluding carboxylic acids is 3. The maximum absolute atomic E-state index is 12.3. The Morgan fingerprint density at radius 2 is 1.45 bits per heavy atom. The smallest absolute Gasteiger partial charge is 0.326 e. The zero-order valence-electron chi connectivity index (χ0n) is 16.8. The van der Waals surface area contributed by atoms with Crippen LogP contribution in [-0.4, -0.2) is 75.3 Å². The summed E-state index contributed by atoms with van der Waals surface area (Å²) in [5, 5.41) is 34.0. The summed E-state index contributed by atoms with van der Waals surface area (Å²) in [4.78, 5) is 58.4. The van der Waals surface area contributed by atoms with Crippen molar-refractivity contribution in [3.05, 3.63) is 0 Å². The van der Waals surface area contributed by atoms with E-state index in [2.05, 4.69) is 10.6 Å². The first-order chi connectivity index (χ1) is 13.3. The van der Waals surface area contributed by atoms with Crippen molar-refractivity contribution in [1.82, 2.24) is 16.0 Å². The molecule has 3 amide bonds. The Kier molecular flexibility index (Phi) is 10.8. The largest absolute Gasteiger partial charge is 0.481 e. The molecule has 8 N–H and O–H groups in total. The fourth-order valence-electron chi connectivity index (χ4n) is 2.21. The number of aliphatic carboxylic acids is 2. The Balaban J connectivity index is 5.07. The lowest BCUT2D eigenvalue weighted by Crippen LogP contribution is -2.59. The van der Waals surface area contributed by atoms with Gasteiger partial charge in [-0.1, -0.05) is 20.3 Å². The van der Waals surface area contributed by atoms with E-state index in [4.69, 9.17) is 15.9 Å². The first kappa shape index (κ1) is 26.3. The molecular formula is C17H30N4O8. The minimum atomic E-state index is -1.75. The van der Waals surface area contributed by atoms with E-state index in [1.54, 1.807) is 6.92 Å². The van der Waals surface area contributed by atoms with Gasteiger partial charge in [-0.2, -0.15) is 0 Å². The molecule has 0 aliphatic heterocycles. The summed E-state index contributed by atoms with van der Waals surface area (Å²) in [6.45, 7) is 6.16. The van der Waals surface area contributed by atoms with Crippen molar-refractivity contribution < 1.29 is 39.3 Å². The molecule has 6 unspecified atom stereocenters. The van der Waals surface area contributed by atoms with Gasteiger partial charge in [-0.3, -0.25) is 19.2 Å². The lowest BCUT2D eigenvalue weighted by atomic mass is 9.99. The van der Waals surface area contributed by atoms with E-state index >= 15 is 0 Å². The predicted octanol–water partition coefficient (Wildman–Crippen LogP) is -2.23. The first-order valence-electron chi connectivity index (χ1n) is 9.11. The Morgan fingerprint density at radius 3 is 1.86 bits per heavy atom. The van der Waals surface area contributed by atoms with Crippen molar-refractivity contribution in [3.8, 4) is 0 Å². The van der Waals surface area contributed by atoms with Crippen molar-refractivity contribution in [2.45, 2.75) is 70.8 Å². The quantitative estimate of drug-likeness (QED) is 0.183. The normalized spacial score (nSPS) is 17.0. The van der Waals surface area contributed by atoms with E-state index < -0.39 is 66.4 Å². The minimum Gasteiger partial charge on any atom is -0.481 e. The number of nitrogens with two attached hydrogens (primary N) is 1. The average molecular weight is 418 g/mol. The monoisotopic (exact) mass is 418 g/mol. The van der Waals surface area contributed by atoms with Gasteiger partial charge in [0.15, 0.2) is 0 Å². The maximum Gasteiger partial charge on any atom is 0.326 e. The number of hydrogen-bond donors (Lipinski definition) is 7. The standard InChI is InChI=1S/C17H30N4O8/c1-5-7(2)12(18)15(26)19-8(3)14(25)21-13(9(4)22)16(27)20-10(17(28)29)6-11(23)24/h7-10,12-13,22H,5-6,18H2,1-4H3,(H,19,26)(H,20,27)(H,21,25)(H,23,24)(H,28,29). The molecule has 0 aromatic carbocycles. The highest BCUT2D eigenvalue weighted by molar-refractivity contribution is 5.94. The van der Waals surface area contributed by atoms with E-state index in [0.29, 0.717) is 6.42 Å². The molecule has 12 nitrogen and oxygen atoms in total. The van der Waals surface area contributed by atoms with E-state index in [1.807, 2.05) is 12.2 Å². The van der Waals surface area contributed by atoms with Crippen molar-refractivity contribution >= 4 is 29.7 Å². The van der Waals surface area contributed by atoms with Crippen LogP contribution in [-0.2, 0) is 24.0 Å². The highest BCUT2D eigenvalue weighted by Gasteiger charge is 2.32. The third-order valence-corrected chi connectivity index (χ3v) is 4.37. The van der Waals surface area contributed by atoms with Crippen molar-refractivity contribution in [3.63, 3.8) is 0 Å². The molecule has 0 bridgehead atoms. The molecule has 0 aliphatic carbocycles. The van der Waals surface area contributed by atoms with Crippen LogP contribution in [0.5, 0.6) is 0 Å². The van der Waals surface area contributed by atoms with Crippen molar-refractivity contribution in [2.24, 2.45) is 11.7 Å². The molecule has 0 saturated heterocycles. The van der Waals surface area contributed by atoms with Crippen LogP contribution in [0.1, 0.15) is 40.5 Å². The molecular weight excluding hydrogens is 388 g/mol. The molecule has 0 aromatic rings. The summed E-state index contributed by atoms with van der Waals surface area (Å²) in [5.41, 5.74) is 5.79. The first-order valence-corrected chi connectivity index (χ1v) is 9.11. The van der Waals surface area contributed by atoms with Gasteiger partial charge in [0.05, 0.1) is 18.6 Å². The summed E-state index contributed by atoms with van der Waals surface area (Å²) in [6, 6.07) is -5.25. The summed E-state index contributed by atoms with van der Waals surface area (Å²) < 4.78 is 0. The van der Waals surface area contributed by atoms with Gasteiger partial charge in [0.1, 0.15) is 18.1 Å². The van der Waals surface area contributed by atoms with Crippen molar-refractivity contribution in [2.75, 3.05) is 0 Å². The molecule has 0 spiro atoms. The molecule has 0 fully saturated rings. The zero-order valence-corrected chi connectivity index (χ0v) is 16.8. The summed E-state index contributed by atoms with van der Waals surface area (Å²) in [7, 11) is 0. The van der Waals surface area contributed by atoms with Gasteiger partial charge >= 0.3 is 11.9 Å². The summed E-state index contributed by atoms with van der Waals surface area (Å²) in [6.07, 6.45) is -1.66. The van der Waals surface area contributed by atoms with Crippen LogP contribution in [0, 0.1) is 5.92 Å². The Morgan fingerprint density at radius 1 is 0.897 bits per heavy atom. The number of carbonyl (C=O) groups is 5. The predicted molar refractivity (Wildman–Crippen MR) is 100 cm³/mol. The van der Waals surface area contributed by atoms with E-state index in [-0.39, 0.29) is 5.92 Å². The van der Waals surface area contributed by atoms with Crippen LogP contribution < -0.4 is 21.7 Å². The van der Waals surface area contributed by atoms with Gasteiger partial charge in [0.25, 0.3) is 0 Å². The number of aliphatic hydroxyl groups is 1. The lowest BCUT2D eigenvalue weighted by molar-refractivity contribution is -0.147. The minimum absolute atomic E-state index is 0.122. The average Bonchev–Trinajstić information content (AvgIpc) is 2.62. The number of aliphatic hydroxyl groups excluding tert-OH is 1. The van der Waals surface area contributed by atoms with Crippen LogP contribution in [0.2, 0.25) is 0 Å². The number of nitrogens with one attached hydrogen (secondary N) is 3. The van der Waals surface area contributed by atoms with Crippen LogP contribution >= 0.6 is 0 Å².